The lowest BCUT2D eigenvalue weighted by Crippen LogP contribution is -2.11. The Hall–Kier alpha value is -1.10. The van der Waals surface area contributed by atoms with E-state index in [0.717, 1.165) is 27.6 Å². The Morgan fingerprint density at radius 2 is 2.22 bits per heavy atom. The van der Waals surface area contributed by atoms with E-state index in [1.807, 2.05) is 24.3 Å². The van der Waals surface area contributed by atoms with Gasteiger partial charge in [0.05, 0.1) is 10.5 Å². The maximum Gasteiger partial charge on any atom is 0.148 e. The van der Waals surface area contributed by atoms with Gasteiger partial charge < -0.3 is 10.2 Å². The number of thiophene rings is 1. The van der Waals surface area contributed by atoms with Crippen molar-refractivity contribution in [3.8, 4) is 0 Å². The third-order valence-electron chi connectivity index (χ3n) is 2.92. The van der Waals surface area contributed by atoms with Crippen molar-refractivity contribution in [1.82, 2.24) is 0 Å². The molecule has 1 atom stereocenters. The van der Waals surface area contributed by atoms with Crippen molar-refractivity contribution in [3.63, 3.8) is 0 Å². The molecule has 0 spiro atoms. The molecule has 2 heterocycles. The fraction of sp³-hybridized carbons (Fsp3) is 0.143. The zero-order valence-electron chi connectivity index (χ0n) is 9.60. The van der Waals surface area contributed by atoms with Gasteiger partial charge >= 0.3 is 0 Å². The summed E-state index contributed by atoms with van der Waals surface area (Å²) < 4.78 is 6.81. The van der Waals surface area contributed by atoms with E-state index in [1.165, 1.54) is 5.56 Å². The Kier molecular flexibility index (Phi) is 3.24. The zero-order chi connectivity index (χ0) is 12.5. The molecule has 0 saturated carbocycles. The summed E-state index contributed by atoms with van der Waals surface area (Å²) in [6.45, 7) is 0. The molecular weight excluding hydrogens is 310 g/mol. The average Bonchev–Trinajstić information content (AvgIpc) is 2.97. The monoisotopic (exact) mass is 321 g/mol. The SMILES string of the molecule is NC(Cc1ccsc1)c1cc2cccc(Br)c2o1. The number of furan rings is 1. The van der Waals surface area contributed by atoms with E-state index < -0.39 is 0 Å². The lowest BCUT2D eigenvalue weighted by molar-refractivity contribution is 0.493. The normalized spacial score (nSPS) is 13.0. The molecule has 2 nitrogen and oxygen atoms in total. The van der Waals surface area contributed by atoms with Gasteiger partial charge in [-0.25, -0.2) is 0 Å². The highest BCUT2D eigenvalue weighted by Crippen LogP contribution is 2.30. The number of rotatable bonds is 3. The van der Waals surface area contributed by atoms with Crippen molar-refractivity contribution < 1.29 is 4.42 Å². The molecule has 0 radical (unpaired) electrons. The first-order chi connectivity index (χ1) is 8.74. The van der Waals surface area contributed by atoms with Crippen LogP contribution < -0.4 is 5.73 Å². The molecule has 0 aliphatic rings. The molecule has 3 rings (SSSR count). The fourth-order valence-corrected chi connectivity index (χ4v) is 3.14. The highest BCUT2D eigenvalue weighted by Gasteiger charge is 2.14. The van der Waals surface area contributed by atoms with Gasteiger partial charge in [-0.2, -0.15) is 11.3 Å². The van der Waals surface area contributed by atoms with Crippen LogP contribution in [0.1, 0.15) is 17.4 Å². The van der Waals surface area contributed by atoms with Crippen molar-refractivity contribution >= 4 is 38.2 Å². The van der Waals surface area contributed by atoms with Gasteiger partial charge in [0.1, 0.15) is 11.3 Å². The number of hydrogen-bond acceptors (Lipinski definition) is 3. The van der Waals surface area contributed by atoms with Crippen molar-refractivity contribution in [2.24, 2.45) is 5.73 Å². The second kappa shape index (κ2) is 4.88. The molecule has 0 bridgehead atoms. The van der Waals surface area contributed by atoms with Gasteiger partial charge in [0, 0.05) is 5.39 Å². The zero-order valence-corrected chi connectivity index (χ0v) is 12.0. The highest BCUT2D eigenvalue weighted by molar-refractivity contribution is 9.10. The first-order valence-corrected chi connectivity index (χ1v) is 7.42. The number of halogens is 1. The summed E-state index contributed by atoms with van der Waals surface area (Å²) in [6, 6.07) is 10.0. The van der Waals surface area contributed by atoms with Crippen LogP contribution in [0, 0.1) is 0 Å². The molecule has 18 heavy (non-hydrogen) atoms. The van der Waals surface area contributed by atoms with Crippen LogP contribution in [0.25, 0.3) is 11.0 Å². The Balaban J connectivity index is 1.92. The smallest absolute Gasteiger partial charge is 0.148 e. The van der Waals surface area contributed by atoms with Gasteiger partial charge in [0.25, 0.3) is 0 Å². The van der Waals surface area contributed by atoms with Crippen molar-refractivity contribution in [3.05, 3.63) is 56.9 Å². The molecule has 2 N–H and O–H groups in total. The molecule has 0 fully saturated rings. The first kappa shape index (κ1) is 12.0. The van der Waals surface area contributed by atoms with Crippen LogP contribution in [0.4, 0.5) is 0 Å². The van der Waals surface area contributed by atoms with Gasteiger partial charge in [-0.05, 0) is 56.9 Å². The van der Waals surface area contributed by atoms with Crippen molar-refractivity contribution in [2.45, 2.75) is 12.5 Å². The molecule has 0 aliphatic heterocycles. The van der Waals surface area contributed by atoms with Crippen LogP contribution in [0.15, 0.2) is 50.0 Å². The third-order valence-corrected chi connectivity index (χ3v) is 4.27. The summed E-state index contributed by atoms with van der Waals surface area (Å²) in [5.41, 5.74) is 8.32. The van der Waals surface area contributed by atoms with Crippen LogP contribution in [0.2, 0.25) is 0 Å². The van der Waals surface area contributed by atoms with Gasteiger partial charge in [-0.3, -0.25) is 0 Å². The predicted octanol–water partition coefficient (Wildman–Crippen LogP) is 4.50. The van der Waals surface area contributed by atoms with E-state index in [0.29, 0.717) is 0 Å². The number of hydrogen-bond donors (Lipinski definition) is 1. The number of para-hydroxylation sites is 1. The van der Waals surface area contributed by atoms with Gasteiger partial charge in [0.2, 0.25) is 0 Å². The number of nitrogens with two attached hydrogens (primary N) is 1. The maximum absolute atomic E-state index is 6.20. The predicted molar refractivity (Wildman–Crippen MR) is 78.9 cm³/mol. The van der Waals surface area contributed by atoms with E-state index in [1.54, 1.807) is 11.3 Å². The van der Waals surface area contributed by atoms with Crippen molar-refractivity contribution in [1.29, 1.82) is 0 Å². The van der Waals surface area contributed by atoms with Crippen molar-refractivity contribution in [2.75, 3.05) is 0 Å². The Morgan fingerprint density at radius 3 is 2.94 bits per heavy atom. The minimum Gasteiger partial charge on any atom is -0.458 e. The van der Waals surface area contributed by atoms with Gasteiger partial charge in [-0.15, -0.1) is 0 Å². The second-order valence-electron chi connectivity index (χ2n) is 4.25. The average molecular weight is 322 g/mol. The van der Waals surface area contributed by atoms with E-state index in [4.69, 9.17) is 10.2 Å². The minimum atomic E-state index is -0.0982. The van der Waals surface area contributed by atoms with Crippen LogP contribution >= 0.6 is 27.3 Å². The Morgan fingerprint density at radius 1 is 1.33 bits per heavy atom. The quantitative estimate of drug-likeness (QED) is 0.771. The van der Waals surface area contributed by atoms with E-state index in [9.17, 15) is 0 Å². The Labute approximate surface area is 118 Å². The lowest BCUT2D eigenvalue weighted by Gasteiger charge is -2.06. The summed E-state index contributed by atoms with van der Waals surface area (Å²) in [5, 5.41) is 5.27. The number of fused-ring (bicyclic) bond motifs is 1. The lowest BCUT2D eigenvalue weighted by atomic mass is 10.1. The van der Waals surface area contributed by atoms with E-state index >= 15 is 0 Å². The summed E-state index contributed by atoms with van der Waals surface area (Å²) in [5.74, 6) is 0.836. The maximum atomic E-state index is 6.20. The highest BCUT2D eigenvalue weighted by atomic mass is 79.9. The first-order valence-electron chi connectivity index (χ1n) is 5.68. The third kappa shape index (κ3) is 2.23. The van der Waals surface area contributed by atoms with Crippen LogP contribution in [0.3, 0.4) is 0 Å². The molecule has 4 heteroatoms. The summed E-state index contributed by atoms with van der Waals surface area (Å²) >= 11 is 5.18. The Bertz CT molecular complexity index is 660. The number of benzene rings is 1. The summed E-state index contributed by atoms with van der Waals surface area (Å²) in [4.78, 5) is 0. The molecule has 2 aromatic heterocycles. The molecule has 0 amide bonds. The standard InChI is InChI=1S/C14H12BrNOS/c15-11-3-1-2-10-7-13(17-14(10)11)12(16)6-9-4-5-18-8-9/h1-5,7-8,12H,6,16H2. The molecule has 1 aromatic carbocycles. The largest absolute Gasteiger partial charge is 0.458 e. The minimum absolute atomic E-state index is 0.0982. The van der Waals surface area contributed by atoms with Gasteiger partial charge in [0.15, 0.2) is 0 Å². The van der Waals surface area contributed by atoms with Crippen LogP contribution in [0.5, 0.6) is 0 Å². The molecule has 0 aliphatic carbocycles. The molecule has 3 aromatic rings. The van der Waals surface area contributed by atoms with Crippen LogP contribution in [-0.2, 0) is 6.42 Å². The van der Waals surface area contributed by atoms with E-state index in [2.05, 4.69) is 32.8 Å². The molecule has 0 saturated heterocycles. The summed E-state index contributed by atoms with van der Waals surface area (Å²) in [7, 11) is 0. The second-order valence-corrected chi connectivity index (χ2v) is 5.88. The van der Waals surface area contributed by atoms with Gasteiger partial charge in [-0.1, -0.05) is 12.1 Å². The molecule has 1 unspecified atom stereocenters. The fourth-order valence-electron chi connectivity index (χ4n) is 1.99. The molecular formula is C14H12BrNOS. The van der Waals surface area contributed by atoms with Crippen LogP contribution in [-0.4, -0.2) is 0 Å². The van der Waals surface area contributed by atoms with E-state index in [-0.39, 0.29) is 6.04 Å². The summed E-state index contributed by atoms with van der Waals surface area (Å²) in [6.07, 6.45) is 0.806. The molecule has 92 valence electrons. The topological polar surface area (TPSA) is 39.2 Å².